The van der Waals surface area contributed by atoms with E-state index in [1.54, 1.807) is 0 Å². The zero-order valence-corrected chi connectivity index (χ0v) is 6.28. The molecule has 2 aliphatic rings. The monoisotopic (exact) mass is 141 g/mol. The van der Waals surface area contributed by atoms with Crippen LogP contribution in [0, 0.1) is 0 Å². The maximum Gasteiger partial charge on any atom is 0.0782 e. The normalized spacial score (nSPS) is 33.6. The summed E-state index contributed by atoms with van der Waals surface area (Å²) in [5, 5.41) is 0. The van der Waals surface area contributed by atoms with Gasteiger partial charge in [-0.1, -0.05) is 12.2 Å². The van der Waals surface area contributed by atoms with Crippen molar-refractivity contribution >= 4 is 17.2 Å². The van der Waals surface area contributed by atoms with Crippen molar-refractivity contribution in [2.75, 3.05) is 6.54 Å². The van der Waals surface area contributed by atoms with E-state index in [2.05, 4.69) is 4.90 Å². The fourth-order valence-corrected chi connectivity index (χ4v) is 2.26. The van der Waals surface area contributed by atoms with Crippen LogP contribution in [0.2, 0.25) is 0 Å². The van der Waals surface area contributed by atoms with E-state index in [4.69, 9.17) is 12.2 Å². The van der Waals surface area contributed by atoms with Crippen LogP contribution in [0.15, 0.2) is 0 Å². The summed E-state index contributed by atoms with van der Waals surface area (Å²) in [6.45, 7) is 1.24. The molecule has 0 saturated carbocycles. The summed E-state index contributed by atoms with van der Waals surface area (Å²) in [7, 11) is 0. The van der Waals surface area contributed by atoms with Crippen LogP contribution in [0.5, 0.6) is 0 Å². The van der Waals surface area contributed by atoms with E-state index in [1.807, 2.05) is 0 Å². The second-order valence-electron chi connectivity index (χ2n) is 2.92. The van der Waals surface area contributed by atoms with E-state index in [1.165, 1.54) is 37.2 Å². The predicted molar refractivity (Wildman–Crippen MR) is 41.6 cm³/mol. The Balaban J connectivity index is 2.15. The van der Waals surface area contributed by atoms with Crippen molar-refractivity contribution in [3.8, 4) is 0 Å². The fraction of sp³-hybridized carbons (Fsp3) is 0.857. The van der Waals surface area contributed by atoms with Gasteiger partial charge in [-0.15, -0.1) is 0 Å². The van der Waals surface area contributed by atoms with Gasteiger partial charge in [0.25, 0.3) is 0 Å². The third kappa shape index (κ3) is 0.767. The first-order valence-corrected chi connectivity index (χ1v) is 4.08. The SMILES string of the molecule is S=C1CCC2CCCN12. The van der Waals surface area contributed by atoms with E-state index in [0.717, 1.165) is 6.04 Å². The summed E-state index contributed by atoms with van der Waals surface area (Å²) in [6.07, 6.45) is 5.27. The maximum absolute atomic E-state index is 5.18. The van der Waals surface area contributed by atoms with Gasteiger partial charge in [-0.25, -0.2) is 0 Å². The van der Waals surface area contributed by atoms with Gasteiger partial charge in [0.15, 0.2) is 0 Å². The van der Waals surface area contributed by atoms with E-state index in [0.29, 0.717) is 0 Å². The number of rotatable bonds is 0. The summed E-state index contributed by atoms with van der Waals surface area (Å²) < 4.78 is 0. The molecule has 0 N–H and O–H groups in total. The lowest BCUT2D eigenvalue weighted by atomic mass is 10.2. The van der Waals surface area contributed by atoms with Crippen molar-refractivity contribution in [3.05, 3.63) is 0 Å². The van der Waals surface area contributed by atoms with Gasteiger partial charge in [-0.2, -0.15) is 0 Å². The Hall–Kier alpha value is -0.110. The average Bonchev–Trinajstić information content (AvgIpc) is 2.35. The van der Waals surface area contributed by atoms with Crippen molar-refractivity contribution in [3.63, 3.8) is 0 Å². The molecule has 2 aliphatic heterocycles. The van der Waals surface area contributed by atoms with E-state index >= 15 is 0 Å². The molecule has 2 heteroatoms. The van der Waals surface area contributed by atoms with Crippen molar-refractivity contribution in [2.24, 2.45) is 0 Å². The minimum atomic E-state index is 0.845. The van der Waals surface area contributed by atoms with Gasteiger partial charge >= 0.3 is 0 Å². The van der Waals surface area contributed by atoms with Gasteiger partial charge in [-0.3, -0.25) is 0 Å². The van der Waals surface area contributed by atoms with Crippen LogP contribution in [0.25, 0.3) is 0 Å². The first kappa shape index (κ1) is 5.66. The second kappa shape index (κ2) is 1.94. The van der Waals surface area contributed by atoms with Crippen LogP contribution in [0.1, 0.15) is 25.7 Å². The minimum absolute atomic E-state index is 0.845. The Labute approximate surface area is 61.0 Å². The molecular weight excluding hydrogens is 130 g/mol. The number of thiocarbonyl (C=S) groups is 1. The van der Waals surface area contributed by atoms with E-state index in [9.17, 15) is 0 Å². The Morgan fingerprint density at radius 3 is 3.11 bits per heavy atom. The minimum Gasteiger partial charge on any atom is -0.363 e. The Morgan fingerprint density at radius 1 is 1.44 bits per heavy atom. The van der Waals surface area contributed by atoms with Crippen LogP contribution in [0.4, 0.5) is 0 Å². The molecular formula is C7H11NS. The summed E-state index contributed by atoms with van der Waals surface area (Å²) in [5.74, 6) is 0. The summed E-state index contributed by atoms with van der Waals surface area (Å²) in [5.41, 5.74) is 0. The molecule has 1 nitrogen and oxygen atoms in total. The highest BCUT2D eigenvalue weighted by Crippen LogP contribution is 2.28. The van der Waals surface area contributed by atoms with Crippen LogP contribution in [-0.2, 0) is 0 Å². The van der Waals surface area contributed by atoms with Gasteiger partial charge < -0.3 is 4.90 Å². The molecule has 0 aromatic carbocycles. The lowest BCUT2D eigenvalue weighted by Gasteiger charge is -2.15. The number of hydrogen-bond donors (Lipinski definition) is 0. The van der Waals surface area contributed by atoms with Gasteiger partial charge in [0.2, 0.25) is 0 Å². The van der Waals surface area contributed by atoms with Crippen LogP contribution in [0.3, 0.4) is 0 Å². The third-order valence-corrected chi connectivity index (χ3v) is 2.83. The van der Waals surface area contributed by atoms with Crippen molar-refractivity contribution in [1.29, 1.82) is 0 Å². The molecule has 0 radical (unpaired) electrons. The first-order valence-electron chi connectivity index (χ1n) is 3.67. The highest BCUT2D eigenvalue weighted by atomic mass is 32.1. The molecule has 0 amide bonds. The lowest BCUT2D eigenvalue weighted by molar-refractivity contribution is 0.426. The molecule has 0 bridgehead atoms. The molecule has 1 atom stereocenters. The van der Waals surface area contributed by atoms with Crippen LogP contribution in [-0.4, -0.2) is 22.5 Å². The standard InChI is InChI=1S/C7H11NS/c9-7-4-3-6-2-1-5-8(6)7/h6H,1-5H2. The largest absolute Gasteiger partial charge is 0.363 e. The van der Waals surface area contributed by atoms with Crippen LogP contribution >= 0.6 is 12.2 Å². The molecule has 2 saturated heterocycles. The van der Waals surface area contributed by atoms with E-state index < -0.39 is 0 Å². The first-order chi connectivity index (χ1) is 4.38. The fourth-order valence-electron chi connectivity index (χ4n) is 1.90. The van der Waals surface area contributed by atoms with Gasteiger partial charge in [0, 0.05) is 12.6 Å². The van der Waals surface area contributed by atoms with Gasteiger partial charge in [0.05, 0.1) is 4.99 Å². The van der Waals surface area contributed by atoms with Gasteiger partial charge in [0.1, 0.15) is 0 Å². The summed E-state index contributed by atoms with van der Waals surface area (Å²) in [4.78, 5) is 3.63. The smallest absolute Gasteiger partial charge is 0.0782 e. The maximum atomic E-state index is 5.18. The Morgan fingerprint density at radius 2 is 2.33 bits per heavy atom. The molecule has 9 heavy (non-hydrogen) atoms. The third-order valence-electron chi connectivity index (χ3n) is 2.39. The predicted octanol–water partition coefficient (Wildman–Crippen LogP) is 1.57. The zero-order valence-electron chi connectivity index (χ0n) is 5.47. The molecule has 0 spiro atoms. The molecule has 2 fully saturated rings. The Kier molecular flexibility index (Phi) is 1.22. The molecule has 2 rings (SSSR count). The van der Waals surface area contributed by atoms with Crippen LogP contribution < -0.4 is 0 Å². The Bertz CT molecular complexity index is 144. The quantitative estimate of drug-likeness (QED) is 0.471. The highest BCUT2D eigenvalue weighted by Gasteiger charge is 2.31. The zero-order chi connectivity index (χ0) is 6.27. The highest BCUT2D eigenvalue weighted by molar-refractivity contribution is 7.80. The van der Waals surface area contributed by atoms with Gasteiger partial charge in [-0.05, 0) is 25.7 Å². The molecule has 2 heterocycles. The van der Waals surface area contributed by atoms with E-state index in [-0.39, 0.29) is 0 Å². The molecule has 50 valence electrons. The number of nitrogens with zero attached hydrogens (tertiary/aromatic N) is 1. The second-order valence-corrected chi connectivity index (χ2v) is 3.39. The average molecular weight is 141 g/mol. The molecule has 0 aliphatic carbocycles. The lowest BCUT2D eigenvalue weighted by Crippen LogP contribution is -2.25. The number of hydrogen-bond acceptors (Lipinski definition) is 1. The molecule has 0 aromatic rings. The number of fused-ring (bicyclic) bond motifs is 1. The molecule has 1 unspecified atom stereocenters. The topological polar surface area (TPSA) is 3.24 Å². The summed E-state index contributed by atoms with van der Waals surface area (Å²) in [6, 6.07) is 0.845. The summed E-state index contributed by atoms with van der Waals surface area (Å²) >= 11 is 5.18. The van der Waals surface area contributed by atoms with Crippen molar-refractivity contribution < 1.29 is 0 Å². The van der Waals surface area contributed by atoms with Crippen molar-refractivity contribution in [1.82, 2.24) is 4.90 Å². The van der Waals surface area contributed by atoms with Crippen molar-refractivity contribution in [2.45, 2.75) is 31.7 Å². The molecule has 0 aromatic heterocycles.